The van der Waals surface area contributed by atoms with E-state index in [-0.39, 0.29) is 11.1 Å². The van der Waals surface area contributed by atoms with Gasteiger partial charge in [-0.25, -0.2) is 8.78 Å². The Hall–Kier alpha value is -2.23. The molecule has 0 bridgehead atoms. The number of aromatic amines is 1. The SMILES string of the molecule is N#Cc1cc(CC(=O)O)c(C(F)F)[nH]c1=O. The molecule has 7 heteroatoms. The van der Waals surface area contributed by atoms with Crippen LogP contribution in [-0.4, -0.2) is 16.1 Å². The third-order valence-corrected chi connectivity index (χ3v) is 1.84. The molecule has 0 fully saturated rings. The van der Waals surface area contributed by atoms with E-state index >= 15 is 0 Å². The van der Waals surface area contributed by atoms with Crippen LogP contribution in [-0.2, 0) is 11.2 Å². The van der Waals surface area contributed by atoms with E-state index in [9.17, 15) is 18.4 Å². The van der Waals surface area contributed by atoms with Gasteiger partial charge < -0.3 is 10.1 Å². The number of carboxylic acid groups (broad SMARTS) is 1. The molecular weight excluding hydrogens is 222 g/mol. The van der Waals surface area contributed by atoms with Gasteiger partial charge in [-0.1, -0.05) is 0 Å². The van der Waals surface area contributed by atoms with Gasteiger partial charge in [-0.15, -0.1) is 0 Å². The van der Waals surface area contributed by atoms with Crippen molar-refractivity contribution in [2.45, 2.75) is 12.8 Å². The molecule has 1 aromatic heterocycles. The quantitative estimate of drug-likeness (QED) is 0.800. The Balaban J connectivity index is 3.38. The van der Waals surface area contributed by atoms with Crippen LogP contribution in [0, 0.1) is 11.3 Å². The first-order valence-corrected chi connectivity index (χ1v) is 4.12. The molecule has 84 valence electrons. The van der Waals surface area contributed by atoms with E-state index in [0.717, 1.165) is 6.07 Å². The molecule has 0 saturated heterocycles. The predicted molar refractivity (Wildman–Crippen MR) is 48.1 cm³/mol. The molecule has 0 aliphatic carbocycles. The number of pyridine rings is 1. The lowest BCUT2D eigenvalue weighted by atomic mass is 10.1. The van der Waals surface area contributed by atoms with Gasteiger partial charge in [-0.2, -0.15) is 5.26 Å². The number of hydrogen-bond acceptors (Lipinski definition) is 3. The molecule has 0 aromatic carbocycles. The Morgan fingerprint density at radius 3 is 2.69 bits per heavy atom. The van der Waals surface area contributed by atoms with Crippen molar-refractivity contribution in [2.75, 3.05) is 0 Å². The Kier molecular flexibility index (Phi) is 3.35. The number of alkyl halides is 2. The highest BCUT2D eigenvalue weighted by molar-refractivity contribution is 5.70. The van der Waals surface area contributed by atoms with Crippen LogP contribution in [0.1, 0.15) is 23.2 Å². The van der Waals surface area contributed by atoms with Crippen molar-refractivity contribution in [2.24, 2.45) is 0 Å². The zero-order valence-corrected chi connectivity index (χ0v) is 7.83. The highest BCUT2D eigenvalue weighted by atomic mass is 19.3. The summed E-state index contributed by atoms with van der Waals surface area (Å²) < 4.78 is 24.9. The second-order valence-electron chi connectivity index (χ2n) is 2.93. The van der Waals surface area contributed by atoms with E-state index in [1.165, 1.54) is 6.07 Å². The molecular formula is C9H6F2N2O3. The average Bonchev–Trinajstić information content (AvgIpc) is 2.19. The number of carboxylic acids is 1. The first kappa shape index (κ1) is 11.8. The number of aliphatic carboxylic acids is 1. The van der Waals surface area contributed by atoms with Gasteiger partial charge in [-0.3, -0.25) is 9.59 Å². The topological polar surface area (TPSA) is 93.9 Å². The minimum absolute atomic E-state index is 0.265. The first-order chi connectivity index (χ1) is 7.45. The number of carbonyl (C=O) groups is 1. The molecule has 1 aromatic rings. The summed E-state index contributed by atoms with van der Waals surface area (Å²) in [5.74, 6) is -1.32. The summed E-state index contributed by atoms with van der Waals surface area (Å²) in [6.07, 6.45) is -3.67. The van der Waals surface area contributed by atoms with Crippen LogP contribution in [0.25, 0.3) is 0 Å². The van der Waals surface area contributed by atoms with Gasteiger partial charge in [0.05, 0.1) is 12.1 Å². The van der Waals surface area contributed by atoms with Gasteiger partial charge in [0.1, 0.15) is 11.6 Å². The molecule has 0 atom stereocenters. The minimum Gasteiger partial charge on any atom is -0.481 e. The number of nitrogens with one attached hydrogen (secondary N) is 1. The second-order valence-corrected chi connectivity index (χ2v) is 2.93. The van der Waals surface area contributed by atoms with Crippen LogP contribution in [0.15, 0.2) is 10.9 Å². The van der Waals surface area contributed by atoms with Gasteiger partial charge in [0.2, 0.25) is 0 Å². The highest BCUT2D eigenvalue weighted by Crippen LogP contribution is 2.20. The average molecular weight is 228 g/mol. The molecule has 0 unspecified atom stereocenters. The van der Waals surface area contributed by atoms with Crippen molar-refractivity contribution < 1.29 is 18.7 Å². The van der Waals surface area contributed by atoms with Crippen molar-refractivity contribution in [3.8, 4) is 6.07 Å². The number of rotatable bonds is 3. The third-order valence-electron chi connectivity index (χ3n) is 1.84. The van der Waals surface area contributed by atoms with Gasteiger partial charge >= 0.3 is 5.97 Å². The summed E-state index contributed by atoms with van der Waals surface area (Å²) in [6, 6.07) is 2.36. The Morgan fingerprint density at radius 1 is 1.62 bits per heavy atom. The Labute approximate surface area is 88.0 Å². The fourth-order valence-electron chi connectivity index (χ4n) is 1.17. The number of H-pyrrole nitrogens is 1. The van der Waals surface area contributed by atoms with Crippen molar-refractivity contribution >= 4 is 5.97 Å². The molecule has 0 aliphatic rings. The maximum absolute atomic E-state index is 12.4. The van der Waals surface area contributed by atoms with Crippen molar-refractivity contribution in [1.29, 1.82) is 5.26 Å². The number of nitriles is 1. The fourth-order valence-corrected chi connectivity index (χ4v) is 1.17. The standard InChI is InChI=1S/C9H6F2N2O3/c10-8(11)7-4(2-6(14)15)1-5(3-12)9(16)13-7/h1,8H,2H2,(H,13,16)(H,14,15). The zero-order valence-electron chi connectivity index (χ0n) is 7.83. The monoisotopic (exact) mass is 228 g/mol. The molecule has 1 rings (SSSR count). The summed E-state index contributed by atoms with van der Waals surface area (Å²) in [6.45, 7) is 0. The van der Waals surface area contributed by atoms with Crippen LogP contribution in [0.2, 0.25) is 0 Å². The van der Waals surface area contributed by atoms with E-state index in [4.69, 9.17) is 10.4 Å². The summed E-state index contributed by atoms with van der Waals surface area (Å²) in [5.41, 5.74) is -2.36. The third kappa shape index (κ3) is 2.42. The van der Waals surface area contributed by atoms with Gasteiger partial charge in [0.25, 0.3) is 12.0 Å². The van der Waals surface area contributed by atoms with Crippen LogP contribution < -0.4 is 5.56 Å². The summed E-state index contributed by atoms with van der Waals surface area (Å²) in [7, 11) is 0. The molecule has 0 spiro atoms. The van der Waals surface area contributed by atoms with Crippen molar-refractivity contribution in [3.05, 3.63) is 33.2 Å². The van der Waals surface area contributed by atoms with Gasteiger partial charge in [0.15, 0.2) is 0 Å². The largest absolute Gasteiger partial charge is 0.481 e. The van der Waals surface area contributed by atoms with Crippen LogP contribution in [0.4, 0.5) is 8.78 Å². The first-order valence-electron chi connectivity index (χ1n) is 4.12. The maximum Gasteiger partial charge on any atom is 0.307 e. The molecule has 2 N–H and O–H groups in total. The number of nitrogens with zero attached hydrogens (tertiary/aromatic N) is 1. The van der Waals surface area contributed by atoms with Gasteiger partial charge in [0, 0.05) is 0 Å². The van der Waals surface area contributed by atoms with E-state index in [1.54, 1.807) is 0 Å². The van der Waals surface area contributed by atoms with Crippen molar-refractivity contribution in [1.82, 2.24) is 4.98 Å². The van der Waals surface area contributed by atoms with Crippen LogP contribution in [0.5, 0.6) is 0 Å². The Morgan fingerprint density at radius 2 is 2.25 bits per heavy atom. The molecule has 5 nitrogen and oxygen atoms in total. The normalized spacial score (nSPS) is 10.1. The lowest BCUT2D eigenvalue weighted by Gasteiger charge is -2.06. The van der Waals surface area contributed by atoms with E-state index in [0.29, 0.717) is 0 Å². The van der Waals surface area contributed by atoms with E-state index in [2.05, 4.69) is 0 Å². The fraction of sp³-hybridized carbons (Fsp3) is 0.222. The lowest BCUT2D eigenvalue weighted by Crippen LogP contribution is -2.17. The molecule has 0 amide bonds. The zero-order chi connectivity index (χ0) is 12.3. The van der Waals surface area contributed by atoms with Gasteiger partial charge in [-0.05, 0) is 11.6 Å². The summed E-state index contributed by atoms with van der Waals surface area (Å²) in [4.78, 5) is 23.3. The predicted octanol–water partition coefficient (Wildman–Crippen LogP) is 0.811. The lowest BCUT2D eigenvalue weighted by molar-refractivity contribution is -0.136. The van der Waals surface area contributed by atoms with Crippen LogP contribution >= 0.6 is 0 Å². The highest BCUT2D eigenvalue weighted by Gasteiger charge is 2.18. The number of hydrogen-bond donors (Lipinski definition) is 2. The smallest absolute Gasteiger partial charge is 0.307 e. The van der Waals surface area contributed by atoms with E-state index < -0.39 is 30.1 Å². The van der Waals surface area contributed by atoms with E-state index in [1.807, 2.05) is 4.98 Å². The summed E-state index contributed by atoms with van der Waals surface area (Å²) >= 11 is 0. The molecule has 0 saturated carbocycles. The maximum atomic E-state index is 12.4. The summed E-state index contributed by atoms with van der Waals surface area (Å²) in [5, 5.41) is 17.0. The van der Waals surface area contributed by atoms with Crippen molar-refractivity contribution in [3.63, 3.8) is 0 Å². The second kappa shape index (κ2) is 4.53. The molecule has 0 aliphatic heterocycles. The molecule has 16 heavy (non-hydrogen) atoms. The molecule has 1 heterocycles. The minimum atomic E-state index is -2.99. The molecule has 0 radical (unpaired) electrons. The number of halogens is 2. The van der Waals surface area contributed by atoms with Crippen LogP contribution in [0.3, 0.4) is 0 Å². The Bertz CT molecular complexity index is 516. The number of aromatic nitrogens is 1.